The van der Waals surface area contributed by atoms with Crippen molar-refractivity contribution in [3.8, 4) is 11.1 Å². The SMILES string of the molecule is O=C(O)CCCC(=O)NCc1cccc(-c2ccc(C3OC(Cn4cnc5ccccc54)CC(c4ccc(CO)cc4)O3)cc2)c1. The molecule has 0 aliphatic carbocycles. The third kappa shape index (κ3) is 7.69. The van der Waals surface area contributed by atoms with Gasteiger partial charge in [-0.2, -0.15) is 0 Å². The molecule has 3 atom stereocenters. The first-order valence-corrected chi connectivity index (χ1v) is 15.5. The van der Waals surface area contributed by atoms with E-state index in [1.54, 1.807) is 0 Å². The number of hydrogen-bond donors (Lipinski definition) is 3. The number of rotatable bonds is 12. The van der Waals surface area contributed by atoms with Crippen LogP contribution in [0, 0.1) is 0 Å². The normalized spacial score (nSPS) is 18.0. The van der Waals surface area contributed by atoms with Crippen molar-refractivity contribution in [2.24, 2.45) is 0 Å². The van der Waals surface area contributed by atoms with Crippen molar-refractivity contribution >= 4 is 22.9 Å². The third-order valence-corrected chi connectivity index (χ3v) is 8.27. The molecule has 3 N–H and O–H groups in total. The average Bonchev–Trinajstić information content (AvgIpc) is 3.49. The zero-order chi connectivity index (χ0) is 31.9. The van der Waals surface area contributed by atoms with E-state index in [1.165, 1.54) is 0 Å². The second-order valence-corrected chi connectivity index (χ2v) is 11.6. The molecule has 6 rings (SSSR count). The summed E-state index contributed by atoms with van der Waals surface area (Å²) < 4.78 is 15.2. The standard InChI is InChI=1S/C37H37N3O6/c41-23-25-11-13-28(14-12-25)34-20-31(22-40-24-39-32-7-1-2-8-33(32)40)45-37(46-34)29-17-15-27(16-18-29)30-6-3-5-26(19-30)21-38-35(42)9-4-10-36(43)44/h1-3,5-8,11-19,24,31,34,37,41H,4,9-10,20-23H2,(H,38,42)(H,43,44). The summed E-state index contributed by atoms with van der Waals surface area (Å²) >= 11 is 0. The number of aromatic nitrogens is 2. The van der Waals surface area contributed by atoms with Gasteiger partial charge < -0.3 is 29.6 Å². The highest BCUT2D eigenvalue weighted by Gasteiger charge is 2.32. The average molecular weight is 620 g/mol. The second-order valence-electron chi connectivity index (χ2n) is 11.6. The van der Waals surface area contributed by atoms with Crippen molar-refractivity contribution in [2.45, 2.75) is 63.9 Å². The number of hydrogen-bond acceptors (Lipinski definition) is 6. The molecule has 1 aromatic heterocycles. The fraction of sp³-hybridized carbons (Fsp3) is 0.270. The van der Waals surface area contributed by atoms with Crippen LogP contribution in [0.15, 0.2) is 103 Å². The number of aliphatic hydroxyl groups excluding tert-OH is 1. The number of carboxylic acid groups (broad SMARTS) is 1. The van der Waals surface area contributed by atoms with Crippen LogP contribution >= 0.6 is 0 Å². The van der Waals surface area contributed by atoms with Gasteiger partial charge in [0, 0.05) is 31.4 Å². The Morgan fingerprint density at radius 2 is 1.63 bits per heavy atom. The predicted molar refractivity (Wildman–Crippen MR) is 173 cm³/mol. The van der Waals surface area contributed by atoms with E-state index in [0.717, 1.165) is 44.4 Å². The Bertz CT molecular complexity index is 1780. The Labute approximate surface area is 267 Å². The topological polar surface area (TPSA) is 123 Å². The second kappa shape index (κ2) is 14.5. The Balaban J connectivity index is 1.17. The van der Waals surface area contributed by atoms with Crippen LogP contribution in [0.1, 0.15) is 60.3 Å². The van der Waals surface area contributed by atoms with Crippen molar-refractivity contribution in [1.29, 1.82) is 0 Å². The molecular weight excluding hydrogens is 582 g/mol. The number of nitrogens with zero attached hydrogens (tertiary/aromatic N) is 2. The molecule has 2 heterocycles. The van der Waals surface area contributed by atoms with Crippen LogP contribution in [-0.2, 0) is 38.8 Å². The lowest BCUT2D eigenvalue weighted by Gasteiger charge is -2.36. The molecule has 1 fully saturated rings. The van der Waals surface area contributed by atoms with Crippen LogP contribution in [0.3, 0.4) is 0 Å². The molecule has 4 aromatic carbocycles. The van der Waals surface area contributed by atoms with Crippen LogP contribution in [0.4, 0.5) is 0 Å². The molecule has 0 saturated carbocycles. The minimum atomic E-state index is -0.899. The van der Waals surface area contributed by atoms with Crippen LogP contribution in [-0.4, -0.2) is 37.7 Å². The largest absolute Gasteiger partial charge is 0.481 e. The van der Waals surface area contributed by atoms with Crippen molar-refractivity contribution < 1.29 is 29.3 Å². The van der Waals surface area contributed by atoms with E-state index in [-0.39, 0.29) is 37.6 Å². The van der Waals surface area contributed by atoms with Gasteiger partial charge >= 0.3 is 5.97 Å². The van der Waals surface area contributed by atoms with Crippen LogP contribution in [0.2, 0.25) is 0 Å². The number of carbonyl (C=O) groups is 2. The molecule has 0 radical (unpaired) electrons. The van der Waals surface area contributed by atoms with E-state index in [9.17, 15) is 14.7 Å². The maximum absolute atomic E-state index is 12.1. The quantitative estimate of drug-likeness (QED) is 0.150. The fourth-order valence-corrected chi connectivity index (χ4v) is 5.79. The molecule has 1 aliphatic rings. The first-order chi connectivity index (χ1) is 22.4. The number of benzene rings is 4. The maximum Gasteiger partial charge on any atom is 0.303 e. The van der Waals surface area contributed by atoms with Crippen molar-refractivity contribution in [3.05, 3.63) is 126 Å². The molecule has 0 spiro atoms. The van der Waals surface area contributed by atoms with Crippen molar-refractivity contribution in [2.75, 3.05) is 0 Å². The van der Waals surface area contributed by atoms with Gasteiger partial charge in [0.25, 0.3) is 0 Å². The maximum atomic E-state index is 12.1. The van der Waals surface area contributed by atoms with Gasteiger partial charge in [0.15, 0.2) is 6.29 Å². The summed E-state index contributed by atoms with van der Waals surface area (Å²) in [6.07, 6.45) is 2.12. The zero-order valence-corrected chi connectivity index (χ0v) is 25.4. The van der Waals surface area contributed by atoms with Gasteiger partial charge in [-0.05, 0) is 52.4 Å². The van der Waals surface area contributed by atoms with E-state index in [4.69, 9.17) is 14.6 Å². The summed E-state index contributed by atoms with van der Waals surface area (Å²) in [4.78, 5) is 27.4. The number of carboxylic acids is 1. The minimum Gasteiger partial charge on any atom is -0.481 e. The van der Waals surface area contributed by atoms with Crippen LogP contribution in [0.25, 0.3) is 22.2 Å². The Kier molecular flexibility index (Phi) is 9.83. The van der Waals surface area contributed by atoms with E-state index in [0.29, 0.717) is 25.9 Å². The van der Waals surface area contributed by atoms with Gasteiger partial charge in [-0.15, -0.1) is 0 Å². The minimum absolute atomic E-state index is 0.00758. The molecule has 9 nitrogen and oxygen atoms in total. The van der Waals surface area contributed by atoms with Gasteiger partial charge in [0.1, 0.15) is 0 Å². The summed E-state index contributed by atoms with van der Waals surface area (Å²) in [7, 11) is 0. The molecule has 0 bridgehead atoms. The highest BCUT2D eigenvalue weighted by atomic mass is 16.7. The number of fused-ring (bicyclic) bond motifs is 1. The number of amides is 1. The smallest absolute Gasteiger partial charge is 0.303 e. The first kappa shape index (κ1) is 31.2. The van der Waals surface area contributed by atoms with Gasteiger partial charge in [0.2, 0.25) is 5.91 Å². The highest BCUT2D eigenvalue weighted by Crippen LogP contribution is 2.39. The van der Waals surface area contributed by atoms with Gasteiger partial charge in [0.05, 0.1) is 42.7 Å². The van der Waals surface area contributed by atoms with Crippen LogP contribution in [0.5, 0.6) is 0 Å². The third-order valence-electron chi connectivity index (χ3n) is 8.27. The highest BCUT2D eigenvalue weighted by molar-refractivity contribution is 5.77. The van der Waals surface area contributed by atoms with Gasteiger partial charge in [-0.1, -0.05) is 78.9 Å². The molecule has 46 heavy (non-hydrogen) atoms. The summed E-state index contributed by atoms with van der Waals surface area (Å²) in [6.45, 7) is 0.995. The van der Waals surface area contributed by atoms with E-state index >= 15 is 0 Å². The van der Waals surface area contributed by atoms with E-state index in [2.05, 4.69) is 20.9 Å². The molecule has 1 amide bonds. The summed E-state index contributed by atoms with van der Waals surface area (Å²) in [5.74, 6) is -1.06. The summed E-state index contributed by atoms with van der Waals surface area (Å²) in [5, 5.41) is 21.2. The molecule has 1 aliphatic heterocycles. The predicted octanol–water partition coefficient (Wildman–Crippen LogP) is 6.31. The van der Waals surface area contributed by atoms with Crippen molar-refractivity contribution in [1.82, 2.24) is 14.9 Å². The number of imidazole rings is 1. The molecular formula is C37H37N3O6. The van der Waals surface area contributed by atoms with Gasteiger partial charge in [-0.25, -0.2) is 4.98 Å². The number of para-hydroxylation sites is 2. The molecule has 1 saturated heterocycles. The zero-order valence-electron chi connectivity index (χ0n) is 25.4. The Hall–Kier alpha value is -4.83. The lowest BCUT2D eigenvalue weighted by atomic mass is 9.99. The molecule has 5 aromatic rings. The molecule has 3 unspecified atom stereocenters. The van der Waals surface area contributed by atoms with Crippen LogP contribution < -0.4 is 5.32 Å². The number of ether oxygens (including phenoxy) is 2. The number of carbonyl (C=O) groups excluding carboxylic acids is 1. The molecule has 236 valence electrons. The molecule has 9 heteroatoms. The fourth-order valence-electron chi connectivity index (χ4n) is 5.79. The van der Waals surface area contributed by atoms with E-state index < -0.39 is 12.3 Å². The first-order valence-electron chi connectivity index (χ1n) is 15.5. The lowest BCUT2D eigenvalue weighted by Crippen LogP contribution is -2.32. The summed E-state index contributed by atoms with van der Waals surface area (Å²) in [6, 6.07) is 32.1. The number of nitrogens with one attached hydrogen (secondary N) is 1. The lowest BCUT2D eigenvalue weighted by molar-refractivity contribution is -0.252. The Morgan fingerprint density at radius 3 is 2.41 bits per heavy atom. The van der Waals surface area contributed by atoms with Crippen molar-refractivity contribution in [3.63, 3.8) is 0 Å². The monoisotopic (exact) mass is 619 g/mol. The van der Waals surface area contributed by atoms with E-state index in [1.807, 2.05) is 97.3 Å². The van der Waals surface area contributed by atoms with Gasteiger partial charge in [-0.3, -0.25) is 9.59 Å². The Morgan fingerprint density at radius 1 is 0.848 bits per heavy atom. The number of aliphatic hydroxyl groups is 1. The number of aliphatic carboxylic acids is 1. The summed E-state index contributed by atoms with van der Waals surface area (Å²) in [5.41, 5.74) is 7.79.